The number of hydrogen-bond acceptors (Lipinski definition) is 4. The van der Waals surface area contributed by atoms with Crippen molar-refractivity contribution in [1.29, 1.82) is 0 Å². The number of rotatable bonds is 3. The highest BCUT2D eigenvalue weighted by Crippen LogP contribution is 2.22. The van der Waals surface area contributed by atoms with E-state index < -0.39 is 9.84 Å². The molecule has 1 amide bonds. The molecule has 2 fully saturated rings. The van der Waals surface area contributed by atoms with E-state index in [1.807, 2.05) is 39.9 Å². The van der Waals surface area contributed by atoms with E-state index >= 15 is 0 Å². The molecule has 2 aliphatic heterocycles. The predicted octanol–water partition coefficient (Wildman–Crippen LogP) is 1.63. The first-order valence-electron chi connectivity index (χ1n) is 8.88. The summed E-state index contributed by atoms with van der Waals surface area (Å²) in [6.07, 6.45) is 2.63. The molecule has 2 aliphatic rings. The zero-order valence-electron chi connectivity index (χ0n) is 14.5. The summed E-state index contributed by atoms with van der Waals surface area (Å²) in [5.74, 6) is 0.637. The largest absolute Gasteiger partial charge is 0.339 e. The number of benzene rings is 1. The number of carbonyl (C=O) groups excluding carboxylic acids is 1. The third-order valence-electron chi connectivity index (χ3n) is 5.43. The molecule has 0 radical (unpaired) electrons. The lowest BCUT2D eigenvalue weighted by Gasteiger charge is -2.37. The van der Waals surface area contributed by atoms with E-state index in [1.165, 1.54) is 0 Å². The van der Waals surface area contributed by atoms with E-state index in [4.69, 9.17) is 11.6 Å². The van der Waals surface area contributed by atoms with Crippen molar-refractivity contribution >= 4 is 38.2 Å². The maximum Gasteiger partial charge on any atom is 0.242 e. The van der Waals surface area contributed by atoms with Crippen LogP contribution in [-0.4, -0.2) is 72.4 Å². The lowest BCUT2D eigenvalue weighted by Crippen LogP contribution is -2.52. The number of amides is 1. The Hall–Kier alpha value is -1.57. The second-order valence-electron chi connectivity index (χ2n) is 7.12. The molecule has 2 aromatic rings. The van der Waals surface area contributed by atoms with Gasteiger partial charge in [0.15, 0.2) is 9.84 Å². The van der Waals surface area contributed by atoms with Gasteiger partial charge in [0.25, 0.3) is 0 Å². The molecule has 2 saturated heterocycles. The van der Waals surface area contributed by atoms with Crippen molar-refractivity contribution in [2.24, 2.45) is 0 Å². The molecule has 6 nitrogen and oxygen atoms in total. The molecule has 0 bridgehead atoms. The summed E-state index contributed by atoms with van der Waals surface area (Å²) in [7, 11) is -2.87. The van der Waals surface area contributed by atoms with Crippen LogP contribution >= 0.6 is 11.6 Å². The van der Waals surface area contributed by atoms with Crippen LogP contribution in [0.3, 0.4) is 0 Å². The molecule has 1 unspecified atom stereocenters. The van der Waals surface area contributed by atoms with E-state index in [0.29, 0.717) is 36.8 Å². The summed E-state index contributed by atoms with van der Waals surface area (Å²) < 4.78 is 25.3. The Labute approximate surface area is 158 Å². The van der Waals surface area contributed by atoms with E-state index in [-0.39, 0.29) is 17.7 Å². The Balaban J connectivity index is 1.37. The summed E-state index contributed by atoms with van der Waals surface area (Å²) in [5.41, 5.74) is 0.959. The van der Waals surface area contributed by atoms with Gasteiger partial charge in [-0.3, -0.25) is 9.69 Å². The van der Waals surface area contributed by atoms with E-state index in [2.05, 4.69) is 4.90 Å². The minimum Gasteiger partial charge on any atom is -0.339 e. The summed E-state index contributed by atoms with van der Waals surface area (Å²) in [6.45, 7) is 3.07. The fourth-order valence-electron chi connectivity index (χ4n) is 3.94. The van der Waals surface area contributed by atoms with Gasteiger partial charge in [0.05, 0.1) is 11.5 Å². The van der Waals surface area contributed by atoms with Crippen molar-refractivity contribution in [3.05, 3.63) is 35.5 Å². The molecule has 140 valence electrons. The van der Waals surface area contributed by atoms with Crippen LogP contribution in [0.2, 0.25) is 5.02 Å². The number of hydrogen-bond donors (Lipinski definition) is 0. The molecule has 1 aromatic carbocycles. The van der Waals surface area contributed by atoms with Crippen molar-refractivity contribution in [2.45, 2.75) is 19.0 Å². The topological polar surface area (TPSA) is 62.6 Å². The number of nitrogens with zero attached hydrogens (tertiary/aromatic N) is 3. The summed E-state index contributed by atoms with van der Waals surface area (Å²) >= 11 is 6.07. The van der Waals surface area contributed by atoms with Crippen LogP contribution in [0.5, 0.6) is 0 Å². The minimum atomic E-state index is -2.87. The molecule has 26 heavy (non-hydrogen) atoms. The van der Waals surface area contributed by atoms with Crippen LogP contribution in [0, 0.1) is 0 Å². The van der Waals surface area contributed by atoms with Crippen LogP contribution in [0.1, 0.15) is 6.42 Å². The average molecular weight is 396 g/mol. The average Bonchev–Trinajstić information content (AvgIpc) is 3.18. The third kappa shape index (κ3) is 3.61. The fourth-order valence-corrected chi connectivity index (χ4v) is 5.87. The molecule has 4 rings (SSSR count). The first kappa shape index (κ1) is 17.8. The molecular weight excluding hydrogens is 374 g/mol. The van der Waals surface area contributed by atoms with Gasteiger partial charge >= 0.3 is 0 Å². The Bertz CT molecular complexity index is 932. The molecular formula is C18H22ClN3O3S. The van der Waals surface area contributed by atoms with Gasteiger partial charge < -0.3 is 9.47 Å². The van der Waals surface area contributed by atoms with Gasteiger partial charge in [-0.2, -0.15) is 0 Å². The van der Waals surface area contributed by atoms with E-state index in [0.717, 1.165) is 24.0 Å². The van der Waals surface area contributed by atoms with Crippen molar-refractivity contribution in [3.63, 3.8) is 0 Å². The van der Waals surface area contributed by atoms with Gasteiger partial charge in [-0.15, -0.1) is 0 Å². The standard InChI is InChI=1S/C18H22ClN3O3S/c19-15-2-1-14-3-5-22(17(14)11-15)12-18(23)21-8-6-20(7-9-21)16-4-10-26(24,25)13-16/h1-3,5,11,16H,4,6-10,12-13H2. The van der Waals surface area contributed by atoms with Gasteiger partial charge in [-0.25, -0.2) is 8.42 Å². The predicted molar refractivity (Wildman–Crippen MR) is 102 cm³/mol. The number of carbonyl (C=O) groups is 1. The zero-order chi connectivity index (χ0) is 18.3. The van der Waals surface area contributed by atoms with Crippen molar-refractivity contribution in [2.75, 3.05) is 37.7 Å². The quantitative estimate of drug-likeness (QED) is 0.792. The Morgan fingerprint density at radius 2 is 1.92 bits per heavy atom. The van der Waals surface area contributed by atoms with Crippen LogP contribution in [0.15, 0.2) is 30.5 Å². The Morgan fingerprint density at radius 1 is 1.15 bits per heavy atom. The molecule has 8 heteroatoms. The fraction of sp³-hybridized carbons (Fsp3) is 0.500. The summed E-state index contributed by atoms with van der Waals surface area (Å²) in [6, 6.07) is 7.78. The van der Waals surface area contributed by atoms with Crippen molar-refractivity contribution < 1.29 is 13.2 Å². The van der Waals surface area contributed by atoms with Crippen LogP contribution in [-0.2, 0) is 21.2 Å². The molecule has 0 N–H and O–H groups in total. The lowest BCUT2D eigenvalue weighted by atomic mass is 10.2. The highest BCUT2D eigenvalue weighted by molar-refractivity contribution is 7.91. The number of fused-ring (bicyclic) bond motifs is 1. The second-order valence-corrected chi connectivity index (χ2v) is 9.79. The van der Waals surface area contributed by atoms with Crippen LogP contribution < -0.4 is 0 Å². The van der Waals surface area contributed by atoms with E-state index in [1.54, 1.807) is 0 Å². The second kappa shape index (κ2) is 6.87. The highest BCUT2D eigenvalue weighted by atomic mass is 35.5. The van der Waals surface area contributed by atoms with Crippen molar-refractivity contribution in [3.8, 4) is 0 Å². The zero-order valence-corrected chi connectivity index (χ0v) is 16.0. The van der Waals surface area contributed by atoms with Gasteiger partial charge in [-0.1, -0.05) is 17.7 Å². The van der Waals surface area contributed by atoms with Gasteiger partial charge in [0.1, 0.15) is 6.54 Å². The van der Waals surface area contributed by atoms with Gasteiger partial charge in [0, 0.05) is 49.0 Å². The SMILES string of the molecule is O=C(Cn1ccc2ccc(Cl)cc21)N1CCN(C2CCS(=O)(=O)C2)CC1. The Kier molecular flexibility index (Phi) is 4.71. The maximum atomic E-state index is 12.7. The van der Waals surface area contributed by atoms with Crippen LogP contribution in [0.25, 0.3) is 10.9 Å². The maximum absolute atomic E-state index is 12.7. The Morgan fingerprint density at radius 3 is 2.62 bits per heavy atom. The van der Waals surface area contributed by atoms with Gasteiger partial charge in [-0.05, 0) is 30.0 Å². The molecule has 3 heterocycles. The molecule has 1 atom stereocenters. The molecule has 0 spiro atoms. The molecule has 0 saturated carbocycles. The van der Waals surface area contributed by atoms with Gasteiger partial charge in [0.2, 0.25) is 5.91 Å². The number of aromatic nitrogens is 1. The first-order chi connectivity index (χ1) is 12.4. The molecule has 1 aromatic heterocycles. The molecule has 0 aliphatic carbocycles. The number of piperazine rings is 1. The summed E-state index contributed by atoms with van der Waals surface area (Å²) in [5, 5.41) is 1.72. The normalized spacial score (nSPS) is 23.6. The minimum absolute atomic E-state index is 0.0844. The lowest BCUT2D eigenvalue weighted by molar-refractivity contribution is -0.133. The number of halogens is 1. The van der Waals surface area contributed by atoms with Crippen LogP contribution in [0.4, 0.5) is 0 Å². The highest BCUT2D eigenvalue weighted by Gasteiger charge is 2.34. The smallest absolute Gasteiger partial charge is 0.242 e. The number of sulfone groups is 1. The third-order valence-corrected chi connectivity index (χ3v) is 7.42. The van der Waals surface area contributed by atoms with E-state index in [9.17, 15) is 13.2 Å². The first-order valence-corrected chi connectivity index (χ1v) is 11.1. The van der Waals surface area contributed by atoms with Crippen molar-refractivity contribution in [1.82, 2.24) is 14.4 Å². The summed E-state index contributed by atoms with van der Waals surface area (Å²) in [4.78, 5) is 16.8. The monoisotopic (exact) mass is 395 g/mol.